The van der Waals surface area contributed by atoms with Crippen molar-refractivity contribution < 1.29 is 13.7 Å². The van der Waals surface area contributed by atoms with E-state index in [2.05, 4.69) is 5.32 Å². The predicted octanol–water partition coefficient (Wildman–Crippen LogP) is 4.75. The number of anilines is 1. The lowest BCUT2D eigenvalue weighted by atomic mass is 10.0. The Hall–Kier alpha value is -3.45. The Bertz CT molecular complexity index is 1380. The van der Waals surface area contributed by atoms with E-state index in [9.17, 15) is 9.00 Å². The van der Waals surface area contributed by atoms with E-state index in [0.717, 1.165) is 33.3 Å². The van der Waals surface area contributed by atoms with E-state index >= 15 is 0 Å². The lowest BCUT2D eigenvalue weighted by Gasteiger charge is -2.16. The van der Waals surface area contributed by atoms with Gasteiger partial charge < -0.3 is 10.1 Å². The van der Waals surface area contributed by atoms with Crippen molar-refractivity contribution in [3.05, 3.63) is 83.0 Å². The Labute approximate surface area is 188 Å². The van der Waals surface area contributed by atoms with Crippen LogP contribution >= 0.6 is 0 Å². The van der Waals surface area contributed by atoms with Crippen LogP contribution in [0.3, 0.4) is 0 Å². The number of fused-ring (bicyclic) bond motifs is 2. The third-order valence-corrected chi connectivity index (χ3v) is 6.87. The van der Waals surface area contributed by atoms with E-state index in [-0.39, 0.29) is 5.91 Å². The second-order valence-corrected chi connectivity index (χ2v) is 9.20. The first-order valence-corrected chi connectivity index (χ1v) is 12.0. The van der Waals surface area contributed by atoms with Gasteiger partial charge in [-0.3, -0.25) is 9.00 Å². The average Bonchev–Trinajstić information content (AvgIpc) is 3.30. The monoisotopic (exact) mass is 445 g/mol. The molecule has 0 spiro atoms. The van der Waals surface area contributed by atoms with Gasteiger partial charge in [-0.2, -0.15) is 5.10 Å². The highest BCUT2D eigenvalue weighted by molar-refractivity contribution is 7.83. The number of carbonyl (C=O) groups excluding carboxylic acids is 1. The topological polar surface area (TPSA) is 73.2 Å². The molecule has 7 heteroatoms. The summed E-state index contributed by atoms with van der Waals surface area (Å²) in [4.78, 5) is 13.7. The zero-order valence-corrected chi connectivity index (χ0v) is 18.7. The second kappa shape index (κ2) is 8.24. The Kier molecular flexibility index (Phi) is 5.27. The van der Waals surface area contributed by atoms with Crippen molar-refractivity contribution in [1.29, 1.82) is 0 Å². The summed E-state index contributed by atoms with van der Waals surface area (Å²) < 4.78 is 19.8. The smallest absolute Gasteiger partial charge is 0.261 e. The second-order valence-electron chi connectivity index (χ2n) is 7.75. The van der Waals surface area contributed by atoms with Crippen LogP contribution in [0.1, 0.15) is 34.1 Å². The predicted molar refractivity (Wildman–Crippen MR) is 127 cm³/mol. The van der Waals surface area contributed by atoms with E-state index in [1.807, 2.05) is 74.5 Å². The minimum Gasteiger partial charge on any atom is -0.493 e. The first-order valence-electron chi connectivity index (χ1n) is 10.5. The van der Waals surface area contributed by atoms with Gasteiger partial charge >= 0.3 is 0 Å². The fraction of sp³-hybridized carbons (Fsp3) is 0.200. The zero-order valence-electron chi connectivity index (χ0n) is 17.9. The van der Waals surface area contributed by atoms with Gasteiger partial charge in [-0.1, -0.05) is 48.5 Å². The van der Waals surface area contributed by atoms with Crippen molar-refractivity contribution in [3.8, 4) is 11.4 Å². The Balaban J connectivity index is 1.64. The molecule has 1 N–H and O–H groups in total. The third kappa shape index (κ3) is 3.48. The molecule has 32 heavy (non-hydrogen) atoms. The summed E-state index contributed by atoms with van der Waals surface area (Å²) in [6.07, 6.45) is 0. The number of hydrogen-bond donors (Lipinski definition) is 1. The zero-order chi connectivity index (χ0) is 22.2. The number of nitrogens with one attached hydrogen (secondary N) is 1. The molecule has 1 amide bonds. The van der Waals surface area contributed by atoms with Crippen molar-refractivity contribution >= 4 is 33.3 Å². The average molecular weight is 446 g/mol. The molecule has 0 aliphatic carbocycles. The maximum Gasteiger partial charge on any atom is 0.261 e. The molecular formula is C25H23N3O3S. The van der Waals surface area contributed by atoms with Gasteiger partial charge in [-0.15, -0.1) is 0 Å². The molecule has 0 bridgehead atoms. The maximum absolute atomic E-state index is 13.7. The molecule has 1 unspecified atom stereocenters. The SMILES string of the molecule is CCOc1ccc2ccccc2c1C(=O)Nc1c2c(nn1-c1ccccc1C)CS(=O)C2. The quantitative estimate of drug-likeness (QED) is 0.481. The summed E-state index contributed by atoms with van der Waals surface area (Å²) in [5, 5.41) is 9.59. The van der Waals surface area contributed by atoms with Gasteiger partial charge in [0.25, 0.3) is 5.91 Å². The molecule has 1 atom stereocenters. The molecule has 0 saturated heterocycles. The van der Waals surface area contributed by atoms with Gasteiger partial charge in [-0.25, -0.2) is 4.68 Å². The fourth-order valence-corrected chi connectivity index (χ4v) is 5.43. The summed E-state index contributed by atoms with van der Waals surface area (Å²) in [5.74, 6) is 1.60. The molecule has 2 heterocycles. The molecule has 3 aromatic carbocycles. The molecule has 1 aliphatic rings. The highest BCUT2D eigenvalue weighted by Gasteiger charge is 2.29. The first-order chi connectivity index (χ1) is 15.6. The Morgan fingerprint density at radius 3 is 2.69 bits per heavy atom. The molecular weight excluding hydrogens is 422 g/mol. The van der Waals surface area contributed by atoms with Crippen LogP contribution in [0.25, 0.3) is 16.5 Å². The molecule has 0 radical (unpaired) electrons. The summed E-state index contributed by atoms with van der Waals surface area (Å²) in [6.45, 7) is 4.35. The van der Waals surface area contributed by atoms with E-state index in [0.29, 0.717) is 35.2 Å². The molecule has 6 nitrogen and oxygen atoms in total. The largest absolute Gasteiger partial charge is 0.493 e. The lowest BCUT2D eigenvalue weighted by Crippen LogP contribution is -2.18. The molecule has 5 rings (SSSR count). The number of hydrogen-bond acceptors (Lipinski definition) is 4. The Morgan fingerprint density at radius 1 is 1.09 bits per heavy atom. The van der Waals surface area contributed by atoms with E-state index in [4.69, 9.17) is 9.84 Å². The normalized spacial score (nSPS) is 15.0. The third-order valence-electron chi connectivity index (χ3n) is 5.66. The minimum absolute atomic E-state index is 0.277. The van der Waals surface area contributed by atoms with Crippen molar-refractivity contribution in [2.24, 2.45) is 0 Å². The molecule has 1 aromatic heterocycles. The highest BCUT2D eigenvalue weighted by atomic mass is 32.2. The van der Waals surface area contributed by atoms with Crippen LogP contribution in [-0.2, 0) is 22.3 Å². The number of amides is 1. The van der Waals surface area contributed by atoms with Gasteiger partial charge in [0.2, 0.25) is 0 Å². The number of aryl methyl sites for hydroxylation is 1. The van der Waals surface area contributed by atoms with E-state index < -0.39 is 10.8 Å². The van der Waals surface area contributed by atoms with Gasteiger partial charge in [0.15, 0.2) is 0 Å². The van der Waals surface area contributed by atoms with Crippen molar-refractivity contribution in [2.75, 3.05) is 11.9 Å². The molecule has 1 aliphatic heterocycles. The molecule has 162 valence electrons. The maximum atomic E-state index is 13.7. The van der Waals surface area contributed by atoms with Crippen LogP contribution in [-0.4, -0.2) is 26.5 Å². The fourth-order valence-electron chi connectivity index (χ4n) is 4.16. The van der Waals surface area contributed by atoms with Gasteiger partial charge in [-0.05, 0) is 42.3 Å². The van der Waals surface area contributed by atoms with Crippen LogP contribution < -0.4 is 10.1 Å². The van der Waals surface area contributed by atoms with Crippen molar-refractivity contribution in [3.63, 3.8) is 0 Å². The van der Waals surface area contributed by atoms with Gasteiger partial charge in [0.05, 0.1) is 35.1 Å². The highest BCUT2D eigenvalue weighted by Crippen LogP contribution is 2.34. The summed E-state index contributed by atoms with van der Waals surface area (Å²) >= 11 is 0. The van der Waals surface area contributed by atoms with Crippen molar-refractivity contribution in [2.45, 2.75) is 25.4 Å². The summed E-state index contributed by atoms with van der Waals surface area (Å²) in [5.41, 5.74) is 4.00. The van der Waals surface area contributed by atoms with Crippen LogP contribution in [0.5, 0.6) is 5.75 Å². The number of carbonyl (C=O) groups is 1. The van der Waals surface area contributed by atoms with Crippen LogP contribution in [0.2, 0.25) is 0 Å². The number of nitrogens with zero attached hydrogens (tertiary/aromatic N) is 2. The van der Waals surface area contributed by atoms with E-state index in [1.54, 1.807) is 4.68 Å². The number of benzene rings is 3. The van der Waals surface area contributed by atoms with Crippen LogP contribution in [0.15, 0.2) is 60.7 Å². The van der Waals surface area contributed by atoms with Crippen LogP contribution in [0.4, 0.5) is 5.82 Å². The standard InChI is InChI=1S/C25H23N3O3S/c1-3-31-22-13-12-17-9-5-6-10-18(17)23(22)25(29)26-24-19-14-32(30)15-20(19)27-28(24)21-11-7-4-8-16(21)2/h4-13H,3,14-15H2,1-2H3,(H,26,29). The van der Waals surface area contributed by atoms with Gasteiger partial charge in [0, 0.05) is 16.4 Å². The molecule has 0 fully saturated rings. The van der Waals surface area contributed by atoms with Gasteiger partial charge in [0.1, 0.15) is 11.6 Å². The lowest BCUT2D eigenvalue weighted by molar-refractivity contribution is 0.102. The first kappa shape index (κ1) is 20.5. The number of rotatable bonds is 5. The number of ether oxygens (including phenoxy) is 1. The number of para-hydroxylation sites is 1. The van der Waals surface area contributed by atoms with E-state index in [1.165, 1.54) is 0 Å². The van der Waals surface area contributed by atoms with Crippen LogP contribution in [0, 0.1) is 6.92 Å². The number of aromatic nitrogens is 2. The Morgan fingerprint density at radius 2 is 1.88 bits per heavy atom. The molecule has 4 aromatic rings. The minimum atomic E-state index is -1.01. The summed E-state index contributed by atoms with van der Waals surface area (Å²) in [7, 11) is -1.01. The molecule has 0 saturated carbocycles. The van der Waals surface area contributed by atoms with Crippen molar-refractivity contribution in [1.82, 2.24) is 9.78 Å². The summed E-state index contributed by atoms with van der Waals surface area (Å²) in [6, 6.07) is 19.4.